The Morgan fingerprint density at radius 2 is 1.83 bits per heavy atom. The third-order valence-corrected chi connectivity index (χ3v) is 4.55. The van der Waals surface area contributed by atoms with Crippen molar-refractivity contribution in [3.8, 4) is 0 Å². The first kappa shape index (κ1) is 18.6. The van der Waals surface area contributed by atoms with E-state index in [-0.39, 0.29) is 22.5 Å². The quantitative estimate of drug-likeness (QED) is 0.590. The Hall–Kier alpha value is -1.69. The summed E-state index contributed by atoms with van der Waals surface area (Å²) in [7, 11) is 0. The second-order valence-corrected chi connectivity index (χ2v) is 6.20. The number of carbonyl (C=O) groups is 2. The smallest absolute Gasteiger partial charge is 0.340 e. The Bertz CT molecular complexity index is 618. The molecule has 0 saturated heterocycles. The van der Waals surface area contributed by atoms with Crippen molar-refractivity contribution in [2.24, 2.45) is 0 Å². The highest BCUT2D eigenvalue weighted by Gasteiger charge is 2.25. The Morgan fingerprint density at radius 3 is 2.46 bits per heavy atom. The standard InChI is InChI=1S/C17H20ClF2NO3/c1-2-21(11-6-4-3-5-7-11)16(22)10-24-17(23)12-8-14(19)15(20)9-13(12)18/h8-9,11H,2-7,10H2,1H3. The van der Waals surface area contributed by atoms with Crippen LogP contribution in [0.4, 0.5) is 8.78 Å². The van der Waals surface area contributed by atoms with Crippen LogP contribution >= 0.6 is 11.6 Å². The average Bonchev–Trinajstić information content (AvgIpc) is 2.57. The van der Waals surface area contributed by atoms with Gasteiger partial charge in [0.2, 0.25) is 0 Å². The summed E-state index contributed by atoms with van der Waals surface area (Å²) in [5.74, 6) is -3.60. The predicted molar refractivity (Wildman–Crippen MR) is 85.9 cm³/mol. The van der Waals surface area contributed by atoms with E-state index < -0.39 is 24.2 Å². The Kier molecular flexibility index (Phi) is 6.54. The SMILES string of the molecule is CCN(C(=O)COC(=O)c1cc(F)c(F)cc1Cl)C1CCCCC1. The number of halogens is 3. The molecule has 4 nitrogen and oxygen atoms in total. The molecule has 7 heteroatoms. The zero-order valence-corrected chi connectivity index (χ0v) is 14.2. The van der Waals surface area contributed by atoms with Gasteiger partial charge in [0, 0.05) is 12.6 Å². The Labute approximate surface area is 144 Å². The van der Waals surface area contributed by atoms with Crippen LogP contribution in [0.15, 0.2) is 12.1 Å². The molecule has 0 aliphatic heterocycles. The fraction of sp³-hybridized carbons (Fsp3) is 0.529. The maximum Gasteiger partial charge on any atom is 0.340 e. The second-order valence-electron chi connectivity index (χ2n) is 5.79. The minimum atomic E-state index is -1.20. The summed E-state index contributed by atoms with van der Waals surface area (Å²) in [6.45, 7) is 1.96. The zero-order valence-electron chi connectivity index (χ0n) is 13.5. The third-order valence-electron chi connectivity index (χ3n) is 4.23. The molecule has 1 aliphatic rings. The molecule has 0 bridgehead atoms. The van der Waals surface area contributed by atoms with Crippen molar-refractivity contribution >= 4 is 23.5 Å². The highest BCUT2D eigenvalue weighted by atomic mass is 35.5. The van der Waals surface area contributed by atoms with Crippen LogP contribution in [0.1, 0.15) is 49.4 Å². The lowest BCUT2D eigenvalue weighted by Gasteiger charge is -2.33. The molecular formula is C17H20ClF2NO3. The van der Waals surface area contributed by atoms with Crippen LogP contribution < -0.4 is 0 Å². The van der Waals surface area contributed by atoms with Crippen LogP contribution in [-0.4, -0.2) is 36.0 Å². The van der Waals surface area contributed by atoms with E-state index >= 15 is 0 Å². The Balaban J connectivity index is 1.97. The van der Waals surface area contributed by atoms with E-state index in [1.807, 2.05) is 6.92 Å². The zero-order chi connectivity index (χ0) is 17.7. The van der Waals surface area contributed by atoms with Gasteiger partial charge in [-0.05, 0) is 31.9 Å². The molecule has 0 aromatic heterocycles. The van der Waals surface area contributed by atoms with Gasteiger partial charge in [-0.1, -0.05) is 30.9 Å². The Morgan fingerprint density at radius 1 is 1.21 bits per heavy atom. The summed E-state index contributed by atoms with van der Waals surface area (Å²) < 4.78 is 31.2. The van der Waals surface area contributed by atoms with E-state index in [0.29, 0.717) is 18.7 Å². The molecule has 0 unspecified atom stereocenters. The van der Waals surface area contributed by atoms with E-state index in [0.717, 1.165) is 25.7 Å². The maximum absolute atomic E-state index is 13.2. The molecule has 2 rings (SSSR count). The molecule has 1 saturated carbocycles. The van der Waals surface area contributed by atoms with Gasteiger partial charge in [0.05, 0.1) is 10.6 Å². The molecule has 1 amide bonds. The number of ether oxygens (including phenoxy) is 1. The normalized spacial score (nSPS) is 15.2. The van der Waals surface area contributed by atoms with E-state index in [1.165, 1.54) is 6.42 Å². The summed E-state index contributed by atoms with van der Waals surface area (Å²) in [5, 5.41) is -0.258. The fourth-order valence-corrected chi connectivity index (χ4v) is 3.23. The highest BCUT2D eigenvalue weighted by molar-refractivity contribution is 6.33. The number of benzene rings is 1. The number of carbonyl (C=O) groups excluding carboxylic acids is 2. The van der Waals surface area contributed by atoms with E-state index in [4.69, 9.17) is 16.3 Å². The summed E-state index contributed by atoms with van der Waals surface area (Å²) in [6.07, 6.45) is 5.23. The first-order chi connectivity index (χ1) is 11.4. The molecule has 1 aromatic rings. The number of rotatable bonds is 5. The van der Waals surface area contributed by atoms with Crippen LogP contribution in [0.3, 0.4) is 0 Å². The molecule has 0 spiro atoms. The van der Waals surface area contributed by atoms with Gasteiger partial charge < -0.3 is 9.64 Å². The summed E-state index contributed by atoms with van der Waals surface area (Å²) in [4.78, 5) is 26.0. The minimum absolute atomic E-state index is 0.168. The number of nitrogens with zero attached hydrogens (tertiary/aromatic N) is 1. The molecule has 1 aromatic carbocycles. The largest absolute Gasteiger partial charge is 0.452 e. The summed E-state index contributed by atoms with van der Waals surface area (Å²) >= 11 is 5.72. The first-order valence-electron chi connectivity index (χ1n) is 8.05. The van der Waals surface area contributed by atoms with Crippen molar-refractivity contribution in [1.82, 2.24) is 4.90 Å². The van der Waals surface area contributed by atoms with Gasteiger partial charge in [-0.2, -0.15) is 0 Å². The summed E-state index contributed by atoms with van der Waals surface area (Å²) in [5.41, 5.74) is -0.302. The van der Waals surface area contributed by atoms with Crippen molar-refractivity contribution in [2.45, 2.75) is 45.1 Å². The fourth-order valence-electron chi connectivity index (χ4n) is 3.00. The van der Waals surface area contributed by atoms with Gasteiger partial charge in [-0.3, -0.25) is 4.79 Å². The van der Waals surface area contributed by atoms with Crippen molar-refractivity contribution in [3.63, 3.8) is 0 Å². The molecule has 1 aliphatic carbocycles. The number of hydrogen-bond donors (Lipinski definition) is 0. The van der Waals surface area contributed by atoms with Gasteiger partial charge in [-0.15, -0.1) is 0 Å². The molecule has 1 fully saturated rings. The van der Waals surface area contributed by atoms with Gasteiger partial charge in [0.1, 0.15) is 0 Å². The predicted octanol–water partition coefficient (Wildman–Crippen LogP) is 3.96. The van der Waals surface area contributed by atoms with Gasteiger partial charge >= 0.3 is 5.97 Å². The van der Waals surface area contributed by atoms with E-state index in [2.05, 4.69) is 0 Å². The molecule has 24 heavy (non-hydrogen) atoms. The van der Waals surface area contributed by atoms with Gasteiger partial charge in [-0.25, -0.2) is 13.6 Å². The molecule has 0 atom stereocenters. The van der Waals surface area contributed by atoms with Crippen LogP contribution in [-0.2, 0) is 9.53 Å². The number of esters is 1. The topological polar surface area (TPSA) is 46.6 Å². The minimum Gasteiger partial charge on any atom is -0.452 e. The number of amides is 1. The van der Waals surface area contributed by atoms with E-state index in [1.54, 1.807) is 4.90 Å². The summed E-state index contributed by atoms with van der Waals surface area (Å²) in [6, 6.07) is 1.54. The second kappa shape index (κ2) is 8.42. The maximum atomic E-state index is 13.2. The molecular weight excluding hydrogens is 340 g/mol. The lowest BCUT2D eigenvalue weighted by molar-refractivity contribution is -0.137. The van der Waals surface area contributed by atoms with Gasteiger partial charge in [0.15, 0.2) is 18.2 Å². The lowest BCUT2D eigenvalue weighted by Crippen LogP contribution is -2.43. The third kappa shape index (κ3) is 4.44. The number of hydrogen-bond acceptors (Lipinski definition) is 3. The van der Waals surface area contributed by atoms with Crippen LogP contribution in [0, 0.1) is 11.6 Å². The van der Waals surface area contributed by atoms with Crippen molar-refractivity contribution < 1.29 is 23.1 Å². The first-order valence-corrected chi connectivity index (χ1v) is 8.43. The van der Waals surface area contributed by atoms with Gasteiger partial charge in [0.25, 0.3) is 5.91 Å². The van der Waals surface area contributed by atoms with Crippen LogP contribution in [0.5, 0.6) is 0 Å². The highest BCUT2D eigenvalue weighted by Crippen LogP contribution is 2.23. The molecule has 0 heterocycles. The van der Waals surface area contributed by atoms with Crippen molar-refractivity contribution in [3.05, 3.63) is 34.4 Å². The van der Waals surface area contributed by atoms with Crippen molar-refractivity contribution in [2.75, 3.05) is 13.2 Å². The molecule has 0 N–H and O–H groups in total. The van der Waals surface area contributed by atoms with Crippen LogP contribution in [0.2, 0.25) is 5.02 Å². The van der Waals surface area contributed by atoms with E-state index in [9.17, 15) is 18.4 Å². The molecule has 132 valence electrons. The van der Waals surface area contributed by atoms with Crippen molar-refractivity contribution in [1.29, 1.82) is 0 Å². The average molecular weight is 360 g/mol. The lowest BCUT2D eigenvalue weighted by atomic mass is 9.94. The monoisotopic (exact) mass is 359 g/mol. The van der Waals surface area contributed by atoms with Crippen LogP contribution in [0.25, 0.3) is 0 Å². The number of likely N-dealkylation sites (N-methyl/N-ethyl adjacent to an activating group) is 1. The molecule has 0 radical (unpaired) electrons.